The quantitative estimate of drug-likeness (QED) is 0.723. The standard InChI is InChI=1S/C17H20N6/c1-17(2,3)13-8-6-7-10(20-13)15-21-12-9-11(18-4)14(19-5)22-16(12)23-15/h6-9,18H,5H2,1-4H3,(H,21,22,23). The zero-order valence-corrected chi connectivity index (χ0v) is 13.8. The third-order valence-corrected chi connectivity index (χ3v) is 3.63. The highest BCUT2D eigenvalue weighted by Crippen LogP contribution is 2.28. The predicted molar refractivity (Wildman–Crippen MR) is 94.6 cm³/mol. The van der Waals surface area contributed by atoms with E-state index >= 15 is 0 Å². The average Bonchev–Trinajstić information content (AvgIpc) is 2.95. The van der Waals surface area contributed by atoms with Crippen LogP contribution in [0.25, 0.3) is 22.7 Å². The third-order valence-electron chi connectivity index (χ3n) is 3.63. The predicted octanol–water partition coefficient (Wildman–Crippen LogP) is 3.69. The maximum Gasteiger partial charge on any atom is 0.180 e. The molecule has 0 aliphatic carbocycles. The fourth-order valence-corrected chi connectivity index (χ4v) is 2.34. The molecule has 0 saturated heterocycles. The molecule has 6 nitrogen and oxygen atoms in total. The Hall–Kier alpha value is -2.76. The molecule has 0 amide bonds. The van der Waals surface area contributed by atoms with Crippen LogP contribution in [0.4, 0.5) is 11.5 Å². The monoisotopic (exact) mass is 308 g/mol. The molecule has 0 saturated carbocycles. The lowest BCUT2D eigenvalue weighted by Gasteiger charge is -2.17. The van der Waals surface area contributed by atoms with Crippen LogP contribution in [0, 0.1) is 0 Å². The number of fused-ring (bicyclic) bond motifs is 1. The van der Waals surface area contributed by atoms with Crippen LogP contribution in [0.1, 0.15) is 26.5 Å². The van der Waals surface area contributed by atoms with Crippen molar-refractivity contribution in [3.8, 4) is 11.5 Å². The van der Waals surface area contributed by atoms with E-state index in [1.807, 2.05) is 31.3 Å². The van der Waals surface area contributed by atoms with Gasteiger partial charge in [-0.15, -0.1) is 0 Å². The molecule has 3 aromatic rings. The van der Waals surface area contributed by atoms with Gasteiger partial charge in [0.1, 0.15) is 5.69 Å². The molecule has 3 rings (SSSR count). The van der Waals surface area contributed by atoms with E-state index in [0.717, 1.165) is 22.6 Å². The summed E-state index contributed by atoms with van der Waals surface area (Å²) >= 11 is 0. The molecular weight excluding hydrogens is 288 g/mol. The smallest absolute Gasteiger partial charge is 0.180 e. The Morgan fingerprint density at radius 3 is 2.61 bits per heavy atom. The summed E-state index contributed by atoms with van der Waals surface area (Å²) in [5.74, 6) is 1.23. The summed E-state index contributed by atoms with van der Waals surface area (Å²) < 4.78 is 0. The van der Waals surface area contributed by atoms with Crippen molar-refractivity contribution in [3.63, 3.8) is 0 Å². The van der Waals surface area contributed by atoms with Crippen molar-refractivity contribution in [2.24, 2.45) is 4.99 Å². The Morgan fingerprint density at radius 1 is 1.17 bits per heavy atom. The molecule has 6 heteroatoms. The molecule has 0 fully saturated rings. The molecule has 0 aliphatic rings. The minimum Gasteiger partial charge on any atom is -0.385 e. The van der Waals surface area contributed by atoms with Crippen LogP contribution in [0.15, 0.2) is 29.3 Å². The van der Waals surface area contributed by atoms with Crippen LogP contribution in [-0.2, 0) is 5.41 Å². The molecule has 0 spiro atoms. The van der Waals surface area contributed by atoms with E-state index in [0.29, 0.717) is 17.3 Å². The van der Waals surface area contributed by atoms with Crippen molar-refractivity contribution < 1.29 is 0 Å². The molecule has 23 heavy (non-hydrogen) atoms. The zero-order chi connectivity index (χ0) is 16.6. The highest BCUT2D eigenvalue weighted by Gasteiger charge is 2.17. The molecule has 3 heterocycles. The van der Waals surface area contributed by atoms with E-state index in [1.165, 1.54) is 0 Å². The van der Waals surface area contributed by atoms with Crippen molar-refractivity contribution >= 4 is 29.4 Å². The number of aromatic nitrogens is 4. The summed E-state index contributed by atoms with van der Waals surface area (Å²) in [7, 11) is 1.82. The number of nitrogens with zero attached hydrogens (tertiary/aromatic N) is 4. The van der Waals surface area contributed by atoms with Gasteiger partial charge in [-0.25, -0.2) is 19.9 Å². The molecular formula is C17H20N6. The molecule has 3 aromatic heterocycles. The number of H-pyrrole nitrogens is 1. The lowest BCUT2D eigenvalue weighted by atomic mass is 9.91. The molecule has 0 bridgehead atoms. The van der Waals surface area contributed by atoms with E-state index in [9.17, 15) is 0 Å². The van der Waals surface area contributed by atoms with Crippen molar-refractivity contribution in [1.82, 2.24) is 19.9 Å². The van der Waals surface area contributed by atoms with E-state index in [-0.39, 0.29) is 5.41 Å². The number of hydrogen-bond donors (Lipinski definition) is 2. The molecule has 0 aliphatic heterocycles. The second-order valence-electron chi connectivity index (χ2n) is 6.38. The fourth-order valence-electron chi connectivity index (χ4n) is 2.34. The molecule has 0 aromatic carbocycles. The third kappa shape index (κ3) is 2.79. The first-order valence-electron chi connectivity index (χ1n) is 7.45. The van der Waals surface area contributed by atoms with Gasteiger partial charge in [-0.05, 0) is 24.9 Å². The normalized spacial score (nSPS) is 11.7. The fraction of sp³-hybridized carbons (Fsp3) is 0.294. The molecule has 0 atom stereocenters. The van der Waals surface area contributed by atoms with Crippen molar-refractivity contribution in [2.75, 3.05) is 12.4 Å². The van der Waals surface area contributed by atoms with Gasteiger partial charge in [0.05, 0.1) is 11.2 Å². The number of nitrogens with one attached hydrogen (secondary N) is 2. The topological polar surface area (TPSA) is 78.8 Å². The van der Waals surface area contributed by atoms with Crippen LogP contribution >= 0.6 is 0 Å². The Bertz CT molecular complexity index is 872. The van der Waals surface area contributed by atoms with Crippen LogP contribution in [0.2, 0.25) is 0 Å². The Balaban J connectivity index is 2.12. The van der Waals surface area contributed by atoms with E-state index in [2.05, 4.69) is 52.7 Å². The van der Waals surface area contributed by atoms with Crippen LogP contribution in [0.5, 0.6) is 0 Å². The number of rotatable bonds is 3. The van der Waals surface area contributed by atoms with Crippen LogP contribution < -0.4 is 5.32 Å². The van der Waals surface area contributed by atoms with Crippen molar-refractivity contribution in [3.05, 3.63) is 30.0 Å². The number of aromatic amines is 1. The van der Waals surface area contributed by atoms with E-state index in [4.69, 9.17) is 4.98 Å². The lowest BCUT2D eigenvalue weighted by molar-refractivity contribution is 0.569. The highest BCUT2D eigenvalue weighted by molar-refractivity contribution is 5.83. The largest absolute Gasteiger partial charge is 0.385 e. The van der Waals surface area contributed by atoms with Gasteiger partial charge in [-0.2, -0.15) is 0 Å². The maximum absolute atomic E-state index is 4.72. The number of imidazole rings is 1. The Labute approximate surface area is 135 Å². The molecule has 2 N–H and O–H groups in total. The highest BCUT2D eigenvalue weighted by atomic mass is 15.1. The van der Waals surface area contributed by atoms with Gasteiger partial charge in [0.25, 0.3) is 0 Å². The summed E-state index contributed by atoms with van der Waals surface area (Å²) in [5.41, 5.74) is 4.05. The summed E-state index contributed by atoms with van der Waals surface area (Å²) in [5, 5.41) is 3.06. The van der Waals surface area contributed by atoms with Gasteiger partial charge >= 0.3 is 0 Å². The summed E-state index contributed by atoms with van der Waals surface area (Å²) in [4.78, 5) is 20.9. The first-order valence-corrected chi connectivity index (χ1v) is 7.45. The van der Waals surface area contributed by atoms with Crippen LogP contribution in [-0.4, -0.2) is 33.7 Å². The number of hydrogen-bond acceptors (Lipinski definition) is 5. The van der Waals surface area contributed by atoms with Gasteiger partial charge < -0.3 is 10.3 Å². The van der Waals surface area contributed by atoms with E-state index in [1.54, 1.807) is 0 Å². The summed E-state index contributed by atoms with van der Waals surface area (Å²) in [6, 6.07) is 7.90. The molecule has 118 valence electrons. The summed E-state index contributed by atoms with van der Waals surface area (Å²) in [6.45, 7) is 9.97. The van der Waals surface area contributed by atoms with Gasteiger partial charge in [0, 0.05) is 18.2 Å². The second-order valence-corrected chi connectivity index (χ2v) is 6.38. The average molecular weight is 308 g/mol. The van der Waals surface area contributed by atoms with Gasteiger partial charge in [-0.1, -0.05) is 26.8 Å². The van der Waals surface area contributed by atoms with Gasteiger partial charge in [0.2, 0.25) is 0 Å². The summed E-state index contributed by atoms with van der Waals surface area (Å²) in [6.07, 6.45) is 0. The lowest BCUT2D eigenvalue weighted by Crippen LogP contribution is -2.13. The first kappa shape index (κ1) is 15.1. The number of anilines is 1. The zero-order valence-electron chi connectivity index (χ0n) is 13.8. The van der Waals surface area contributed by atoms with Crippen molar-refractivity contribution in [1.29, 1.82) is 0 Å². The molecule has 0 unspecified atom stereocenters. The minimum atomic E-state index is -0.0144. The molecule has 0 radical (unpaired) electrons. The van der Waals surface area contributed by atoms with Gasteiger partial charge in [-0.3, -0.25) is 0 Å². The number of aliphatic imine (C=N–C) groups is 1. The Morgan fingerprint density at radius 2 is 1.96 bits per heavy atom. The Kier molecular flexibility index (Phi) is 3.60. The maximum atomic E-state index is 4.72. The SMILES string of the molecule is C=Nc1nc2nc(-c3cccc(C(C)(C)C)n3)[nH]c2cc1NC. The number of pyridine rings is 2. The first-order chi connectivity index (χ1) is 10.9. The second kappa shape index (κ2) is 5.46. The minimum absolute atomic E-state index is 0.0144. The van der Waals surface area contributed by atoms with Gasteiger partial charge in [0.15, 0.2) is 17.3 Å². The van der Waals surface area contributed by atoms with E-state index < -0.39 is 0 Å². The van der Waals surface area contributed by atoms with Crippen molar-refractivity contribution in [2.45, 2.75) is 26.2 Å². The van der Waals surface area contributed by atoms with Crippen LogP contribution in [0.3, 0.4) is 0 Å².